The summed E-state index contributed by atoms with van der Waals surface area (Å²) in [5.41, 5.74) is 2.09. The number of para-hydroxylation sites is 1. The molecule has 2 heterocycles. The van der Waals surface area contributed by atoms with E-state index >= 15 is 0 Å². The van der Waals surface area contributed by atoms with Crippen LogP contribution in [0.2, 0.25) is 0 Å². The van der Waals surface area contributed by atoms with Crippen molar-refractivity contribution in [3.05, 3.63) is 100 Å². The Bertz CT molecular complexity index is 1200. The standard InChI is InChI=1S/C22H16N4O3S/c27-21(12-11-16-6-5-8-18(14-16)26(28)29)25(15-17-7-3-4-13-23-17)22-24-19-9-1-2-10-20(19)30-22/h1-14H,15H2. The van der Waals surface area contributed by atoms with E-state index in [4.69, 9.17) is 0 Å². The number of rotatable bonds is 6. The number of pyridine rings is 1. The van der Waals surface area contributed by atoms with E-state index in [2.05, 4.69) is 9.97 Å². The average molecular weight is 416 g/mol. The van der Waals surface area contributed by atoms with Gasteiger partial charge >= 0.3 is 0 Å². The molecular formula is C22H16N4O3S. The average Bonchev–Trinajstić information content (AvgIpc) is 3.20. The Kier molecular flexibility index (Phi) is 5.58. The first-order valence-corrected chi connectivity index (χ1v) is 9.91. The number of fused-ring (bicyclic) bond motifs is 1. The lowest BCUT2D eigenvalue weighted by Gasteiger charge is -2.17. The molecule has 0 spiro atoms. The first-order valence-electron chi connectivity index (χ1n) is 9.10. The number of benzene rings is 2. The molecule has 2 aromatic carbocycles. The van der Waals surface area contributed by atoms with Gasteiger partial charge in [0.05, 0.1) is 27.4 Å². The van der Waals surface area contributed by atoms with Crippen molar-refractivity contribution < 1.29 is 9.72 Å². The summed E-state index contributed by atoms with van der Waals surface area (Å²) in [6.45, 7) is 0.263. The summed E-state index contributed by atoms with van der Waals surface area (Å²) in [4.78, 5) is 34.0. The first-order chi connectivity index (χ1) is 14.6. The summed E-state index contributed by atoms with van der Waals surface area (Å²) in [6, 6.07) is 19.3. The number of thiazole rings is 1. The van der Waals surface area contributed by atoms with Gasteiger partial charge in [-0.15, -0.1) is 0 Å². The highest BCUT2D eigenvalue weighted by Crippen LogP contribution is 2.29. The molecule has 4 aromatic rings. The molecule has 0 saturated carbocycles. The van der Waals surface area contributed by atoms with Crippen LogP contribution >= 0.6 is 11.3 Å². The second-order valence-corrected chi connectivity index (χ2v) is 7.40. The molecule has 7 nitrogen and oxygen atoms in total. The summed E-state index contributed by atoms with van der Waals surface area (Å²) in [7, 11) is 0. The zero-order valence-electron chi connectivity index (χ0n) is 15.7. The molecular weight excluding hydrogens is 400 g/mol. The van der Waals surface area contributed by atoms with Gasteiger partial charge in [0.1, 0.15) is 0 Å². The molecule has 8 heteroatoms. The number of amides is 1. The fourth-order valence-corrected chi connectivity index (χ4v) is 3.84. The zero-order chi connectivity index (χ0) is 20.9. The van der Waals surface area contributed by atoms with Crippen molar-refractivity contribution in [1.82, 2.24) is 9.97 Å². The van der Waals surface area contributed by atoms with Gasteiger partial charge < -0.3 is 0 Å². The number of nitro benzene ring substituents is 1. The molecule has 0 unspecified atom stereocenters. The molecule has 0 saturated heterocycles. The van der Waals surface area contributed by atoms with E-state index in [0.29, 0.717) is 10.7 Å². The Morgan fingerprint density at radius 2 is 1.93 bits per heavy atom. The highest BCUT2D eigenvalue weighted by molar-refractivity contribution is 7.22. The van der Waals surface area contributed by atoms with E-state index in [0.717, 1.165) is 15.9 Å². The second kappa shape index (κ2) is 8.62. The summed E-state index contributed by atoms with van der Waals surface area (Å²) < 4.78 is 0.981. The lowest BCUT2D eigenvalue weighted by atomic mass is 10.2. The Hall–Kier alpha value is -3.91. The summed E-state index contributed by atoms with van der Waals surface area (Å²) in [5, 5.41) is 11.5. The second-order valence-electron chi connectivity index (χ2n) is 6.40. The van der Waals surface area contributed by atoms with Crippen LogP contribution in [0.1, 0.15) is 11.3 Å². The van der Waals surface area contributed by atoms with Crippen molar-refractivity contribution in [2.45, 2.75) is 6.54 Å². The fraction of sp³-hybridized carbons (Fsp3) is 0.0455. The Morgan fingerprint density at radius 1 is 1.10 bits per heavy atom. The van der Waals surface area contributed by atoms with Gasteiger partial charge in [-0.25, -0.2) is 4.98 Å². The predicted molar refractivity (Wildman–Crippen MR) is 117 cm³/mol. The van der Waals surface area contributed by atoms with Gasteiger partial charge in [0.2, 0.25) is 0 Å². The zero-order valence-corrected chi connectivity index (χ0v) is 16.5. The molecule has 1 amide bonds. The molecule has 2 aromatic heterocycles. The number of anilines is 1. The maximum Gasteiger partial charge on any atom is 0.270 e. The van der Waals surface area contributed by atoms with E-state index in [-0.39, 0.29) is 18.1 Å². The van der Waals surface area contributed by atoms with Crippen LogP contribution in [0, 0.1) is 10.1 Å². The van der Waals surface area contributed by atoms with Crippen molar-refractivity contribution in [3.63, 3.8) is 0 Å². The minimum atomic E-state index is -0.465. The monoisotopic (exact) mass is 416 g/mol. The molecule has 4 rings (SSSR count). The Balaban J connectivity index is 1.65. The number of nitro groups is 1. The maximum absolute atomic E-state index is 13.1. The molecule has 0 radical (unpaired) electrons. The van der Waals surface area contributed by atoms with Crippen molar-refractivity contribution >= 4 is 44.4 Å². The summed E-state index contributed by atoms with van der Waals surface area (Å²) in [5.74, 6) is -0.286. The van der Waals surface area contributed by atoms with Crippen LogP contribution in [0.25, 0.3) is 16.3 Å². The normalized spacial score (nSPS) is 11.1. The smallest absolute Gasteiger partial charge is 0.270 e. The molecule has 0 aliphatic rings. The lowest BCUT2D eigenvalue weighted by molar-refractivity contribution is -0.384. The quantitative estimate of drug-likeness (QED) is 0.255. The number of nitrogens with zero attached hydrogens (tertiary/aromatic N) is 4. The van der Waals surface area contributed by atoms with Crippen molar-refractivity contribution in [1.29, 1.82) is 0 Å². The van der Waals surface area contributed by atoms with E-state index in [1.54, 1.807) is 29.3 Å². The number of aromatic nitrogens is 2. The maximum atomic E-state index is 13.1. The third-order valence-corrected chi connectivity index (χ3v) is 5.38. The van der Waals surface area contributed by atoms with Crippen LogP contribution in [-0.4, -0.2) is 20.8 Å². The Labute approximate surface area is 176 Å². The van der Waals surface area contributed by atoms with Crippen LogP contribution in [-0.2, 0) is 11.3 Å². The molecule has 0 N–H and O–H groups in total. The van der Waals surface area contributed by atoms with Crippen molar-refractivity contribution in [3.8, 4) is 0 Å². The van der Waals surface area contributed by atoms with Gasteiger partial charge in [-0.2, -0.15) is 0 Å². The highest BCUT2D eigenvalue weighted by Gasteiger charge is 2.19. The van der Waals surface area contributed by atoms with Gasteiger partial charge in [0.25, 0.3) is 11.6 Å². The van der Waals surface area contributed by atoms with Gasteiger partial charge in [-0.1, -0.05) is 41.7 Å². The van der Waals surface area contributed by atoms with Gasteiger partial charge in [-0.05, 0) is 35.9 Å². The van der Waals surface area contributed by atoms with Gasteiger partial charge in [0, 0.05) is 24.4 Å². The van der Waals surface area contributed by atoms with Gasteiger partial charge in [-0.3, -0.25) is 24.8 Å². The predicted octanol–water partition coefficient (Wildman–Crippen LogP) is 4.85. The van der Waals surface area contributed by atoms with Crippen molar-refractivity contribution in [2.75, 3.05) is 4.90 Å². The van der Waals surface area contributed by atoms with Crippen LogP contribution in [0.3, 0.4) is 0 Å². The van der Waals surface area contributed by atoms with Gasteiger partial charge in [0.15, 0.2) is 5.13 Å². The van der Waals surface area contributed by atoms with Crippen LogP contribution in [0.4, 0.5) is 10.8 Å². The van der Waals surface area contributed by atoms with E-state index in [1.807, 2.05) is 42.5 Å². The van der Waals surface area contributed by atoms with Crippen LogP contribution in [0.5, 0.6) is 0 Å². The number of hydrogen-bond acceptors (Lipinski definition) is 6. The third kappa shape index (κ3) is 4.39. The third-order valence-electron chi connectivity index (χ3n) is 4.33. The molecule has 30 heavy (non-hydrogen) atoms. The minimum Gasteiger partial charge on any atom is -0.278 e. The molecule has 0 aliphatic heterocycles. The number of non-ortho nitro benzene ring substituents is 1. The number of carbonyl (C=O) groups is 1. The van der Waals surface area contributed by atoms with E-state index in [1.165, 1.54) is 29.5 Å². The first kappa shape index (κ1) is 19.4. The van der Waals surface area contributed by atoms with Crippen LogP contribution in [0.15, 0.2) is 79.0 Å². The SMILES string of the molecule is O=C(C=Cc1cccc([N+](=O)[O-])c1)N(Cc1ccccn1)c1nc2ccccc2s1. The van der Waals surface area contributed by atoms with E-state index < -0.39 is 4.92 Å². The summed E-state index contributed by atoms with van der Waals surface area (Å²) >= 11 is 1.42. The minimum absolute atomic E-state index is 0.0267. The summed E-state index contributed by atoms with van der Waals surface area (Å²) in [6.07, 6.45) is 4.64. The van der Waals surface area contributed by atoms with Crippen molar-refractivity contribution in [2.24, 2.45) is 0 Å². The van der Waals surface area contributed by atoms with E-state index in [9.17, 15) is 14.9 Å². The number of carbonyl (C=O) groups excluding carboxylic acids is 1. The number of hydrogen-bond donors (Lipinski definition) is 0. The highest BCUT2D eigenvalue weighted by atomic mass is 32.1. The molecule has 0 atom stereocenters. The topological polar surface area (TPSA) is 89.2 Å². The molecule has 0 aliphatic carbocycles. The molecule has 148 valence electrons. The Morgan fingerprint density at radius 3 is 2.70 bits per heavy atom. The largest absolute Gasteiger partial charge is 0.278 e. The molecule has 0 fully saturated rings. The van der Waals surface area contributed by atoms with Crippen LogP contribution < -0.4 is 4.90 Å². The fourth-order valence-electron chi connectivity index (χ4n) is 2.87. The lowest BCUT2D eigenvalue weighted by Crippen LogP contribution is -2.29. The molecule has 0 bridgehead atoms.